The standard InChI is InChI=1S/C15H21N5S/c16-10-4-7-20(8-5-10)15-17-14(18-19-15)12-2-1-3-13-11(12)6-9-21-13/h6,9-10,12H,1-5,7-8,16H2,(H,17,18,19). The van der Waals surface area contributed by atoms with Gasteiger partial charge in [0, 0.05) is 29.9 Å². The van der Waals surface area contributed by atoms with E-state index in [1.807, 2.05) is 11.3 Å². The first-order valence-electron chi connectivity index (χ1n) is 7.80. The summed E-state index contributed by atoms with van der Waals surface area (Å²) in [4.78, 5) is 8.56. The lowest BCUT2D eigenvalue weighted by Crippen LogP contribution is -2.40. The molecule has 1 aliphatic heterocycles. The molecule has 112 valence electrons. The van der Waals surface area contributed by atoms with Gasteiger partial charge in [0.05, 0.1) is 0 Å². The van der Waals surface area contributed by atoms with Crippen molar-refractivity contribution >= 4 is 17.3 Å². The Kier molecular flexibility index (Phi) is 3.43. The van der Waals surface area contributed by atoms with Crippen LogP contribution in [-0.4, -0.2) is 34.3 Å². The Morgan fingerprint density at radius 2 is 2.14 bits per heavy atom. The summed E-state index contributed by atoms with van der Waals surface area (Å²) in [5, 5.41) is 9.84. The highest BCUT2D eigenvalue weighted by atomic mass is 32.1. The van der Waals surface area contributed by atoms with E-state index in [-0.39, 0.29) is 0 Å². The molecule has 6 heteroatoms. The van der Waals surface area contributed by atoms with Crippen molar-refractivity contribution in [1.82, 2.24) is 15.2 Å². The molecular weight excluding hydrogens is 282 g/mol. The van der Waals surface area contributed by atoms with Crippen LogP contribution in [0.4, 0.5) is 5.95 Å². The molecule has 5 nitrogen and oxygen atoms in total. The van der Waals surface area contributed by atoms with Gasteiger partial charge in [-0.05, 0) is 49.1 Å². The van der Waals surface area contributed by atoms with E-state index in [4.69, 9.17) is 10.7 Å². The van der Waals surface area contributed by atoms with Crippen molar-refractivity contribution in [2.45, 2.75) is 44.1 Å². The van der Waals surface area contributed by atoms with Gasteiger partial charge in [0.2, 0.25) is 5.95 Å². The molecule has 21 heavy (non-hydrogen) atoms. The van der Waals surface area contributed by atoms with Crippen molar-refractivity contribution in [2.75, 3.05) is 18.0 Å². The zero-order chi connectivity index (χ0) is 14.2. The van der Waals surface area contributed by atoms with Gasteiger partial charge in [-0.2, -0.15) is 4.98 Å². The molecule has 2 aromatic rings. The minimum absolute atomic E-state index is 0.339. The second kappa shape index (κ2) is 5.42. The number of nitrogens with one attached hydrogen (secondary N) is 1. The summed E-state index contributed by atoms with van der Waals surface area (Å²) in [6, 6.07) is 2.60. The highest BCUT2D eigenvalue weighted by molar-refractivity contribution is 7.10. The Morgan fingerprint density at radius 1 is 1.29 bits per heavy atom. The summed E-state index contributed by atoms with van der Waals surface area (Å²) < 4.78 is 0. The van der Waals surface area contributed by atoms with Crippen LogP contribution >= 0.6 is 11.3 Å². The van der Waals surface area contributed by atoms with Crippen LogP contribution in [-0.2, 0) is 6.42 Å². The van der Waals surface area contributed by atoms with Gasteiger partial charge in [-0.15, -0.1) is 16.4 Å². The van der Waals surface area contributed by atoms with Crippen molar-refractivity contribution in [3.05, 3.63) is 27.7 Å². The molecule has 2 aromatic heterocycles. The first-order chi connectivity index (χ1) is 10.3. The number of aryl methyl sites for hydroxylation is 1. The number of piperidine rings is 1. The first kappa shape index (κ1) is 13.3. The summed E-state index contributed by atoms with van der Waals surface area (Å²) in [5.74, 6) is 2.27. The summed E-state index contributed by atoms with van der Waals surface area (Å²) in [6.45, 7) is 1.93. The fourth-order valence-corrected chi connectivity index (χ4v) is 4.42. The topological polar surface area (TPSA) is 70.8 Å². The molecule has 0 saturated carbocycles. The minimum atomic E-state index is 0.339. The molecule has 3 N–H and O–H groups in total. The molecule has 0 aromatic carbocycles. The molecule has 1 aliphatic carbocycles. The lowest BCUT2D eigenvalue weighted by atomic mass is 9.87. The van der Waals surface area contributed by atoms with Gasteiger partial charge >= 0.3 is 0 Å². The molecule has 0 bridgehead atoms. The predicted molar refractivity (Wildman–Crippen MR) is 84.9 cm³/mol. The number of nitrogens with zero attached hydrogens (tertiary/aromatic N) is 3. The van der Waals surface area contributed by atoms with E-state index in [1.165, 1.54) is 29.7 Å². The second-order valence-electron chi connectivity index (χ2n) is 6.09. The number of nitrogens with two attached hydrogens (primary N) is 1. The van der Waals surface area contributed by atoms with Crippen LogP contribution in [0.3, 0.4) is 0 Å². The number of rotatable bonds is 2. The van der Waals surface area contributed by atoms with E-state index in [0.29, 0.717) is 12.0 Å². The van der Waals surface area contributed by atoms with Crippen molar-refractivity contribution in [2.24, 2.45) is 5.73 Å². The highest BCUT2D eigenvalue weighted by Crippen LogP contribution is 2.38. The van der Waals surface area contributed by atoms with E-state index < -0.39 is 0 Å². The van der Waals surface area contributed by atoms with Crippen LogP contribution in [0.5, 0.6) is 0 Å². The number of anilines is 1. The second-order valence-corrected chi connectivity index (χ2v) is 7.09. The quantitative estimate of drug-likeness (QED) is 0.893. The number of hydrogen-bond donors (Lipinski definition) is 2. The third kappa shape index (κ3) is 2.46. The van der Waals surface area contributed by atoms with Gasteiger partial charge < -0.3 is 10.6 Å². The smallest absolute Gasteiger partial charge is 0.244 e. The van der Waals surface area contributed by atoms with Gasteiger partial charge in [0.25, 0.3) is 0 Å². The maximum absolute atomic E-state index is 5.96. The molecule has 1 unspecified atom stereocenters. The van der Waals surface area contributed by atoms with Gasteiger partial charge in [0.15, 0.2) is 0 Å². The predicted octanol–water partition coefficient (Wildman–Crippen LogP) is 2.26. The van der Waals surface area contributed by atoms with E-state index in [2.05, 4.69) is 26.5 Å². The largest absolute Gasteiger partial charge is 0.339 e. The number of hydrogen-bond acceptors (Lipinski definition) is 5. The molecule has 1 atom stereocenters. The van der Waals surface area contributed by atoms with E-state index in [1.54, 1.807) is 0 Å². The summed E-state index contributed by atoms with van der Waals surface area (Å²) in [6.07, 6.45) is 5.69. The van der Waals surface area contributed by atoms with E-state index in [9.17, 15) is 0 Å². The van der Waals surface area contributed by atoms with Crippen molar-refractivity contribution in [1.29, 1.82) is 0 Å². The van der Waals surface area contributed by atoms with Crippen LogP contribution < -0.4 is 10.6 Å². The SMILES string of the molecule is NC1CCN(c2n[nH]c(C3CCCc4sccc43)n2)CC1. The first-order valence-corrected chi connectivity index (χ1v) is 8.68. The summed E-state index contributed by atoms with van der Waals surface area (Å²) in [5.41, 5.74) is 7.42. The van der Waals surface area contributed by atoms with Crippen LogP contribution in [0.1, 0.15) is 47.9 Å². The third-order valence-electron chi connectivity index (χ3n) is 4.70. The number of thiophene rings is 1. The van der Waals surface area contributed by atoms with Crippen LogP contribution in [0.2, 0.25) is 0 Å². The lowest BCUT2D eigenvalue weighted by Gasteiger charge is -2.29. The number of H-pyrrole nitrogens is 1. The molecule has 0 amide bonds. The highest BCUT2D eigenvalue weighted by Gasteiger charge is 2.27. The minimum Gasteiger partial charge on any atom is -0.339 e. The maximum Gasteiger partial charge on any atom is 0.244 e. The monoisotopic (exact) mass is 303 g/mol. The van der Waals surface area contributed by atoms with Gasteiger partial charge in [-0.1, -0.05) is 0 Å². The van der Waals surface area contributed by atoms with E-state index >= 15 is 0 Å². The lowest BCUT2D eigenvalue weighted by molar-refractivity contribution is 0.496. The fraction of sp³-hybridized carbons (Fsp3) is 0.600. The fourth-order valence-electron chi connectivity index (χ4n) is 3.43. The van der Waals surface area contributed by atoms with Gasteiger partial charge in [-0.3, -0.25) is 5.10 Å². The average molecular weight is 303 g/mol. The van der Waals surface area contributed by atoms with Crippen LogP contribution in [0.25, 0.3) is 0 Å². The number of aromatic amines is 1. The Balaban J connectivity index is 1.56. The number of fused-ring (bicyclic) bond motifs is 1. The average Bonchev–Trinajstić information content (AvgIpc) is 3.16. The van der Waals surface area contributed by atoms with Crippen molar-refractivity contribution in [3.63, 3.8) is 0 Å². The summed E-state index contributed by atoms with van der Waals surface area (Å²) in [7, 11) is 0. The molecule has 2 aliphatic rings. The van der Waals surface area contributed by atoms with E-state index in [0.717, 1.165) is 37.7 Å². The maximum atomic E-state index is 5.96. The Hall–Kier alpha value is -1.40. The molecule has 0 spiro atoms. The molecule has 1 saturated heterocycles. The zero-order valence-corrected chi connectivity index (χ0v) is 12.9. The molecule has 1 fully saturated rings. The van der Waals surface area contributed by atoms with Crippen LogP contribution in [0.15, 0.2) is 11.4 Å². The Morgan fingerprint density at radius 3 is 3.00 bits per heavy atom. The zero-order valence-electron chi connectivity index (χ0n) is 12.1. The molecular formula is C15H21N5S. The molecule has 0 radical (unpaired) electrons. The normalized spacial score (nSPS) is 23.3. The molecule has 4 rings (SSSR count). The summed E-state index contributed by atoms with van der Waals surface area (Å²) >= 11 is 1.87. The van der Waals surface area contributed by atoms with Gasteiger partial charge in [-0.25, -0.2) is 0 Å². The molecule has 3 heterocycles. The van der Waals surface area contributed by atoms with Gasteiger partial charge in [0.1, 0.15) is 5.82 Å². The number of aromatic nitrogens is 3. The van der Waals surface area contributed by atoms with Crippen molar-refractivity contribution in [3.8, 4) is 0 Å². The van der Waals surface area contributed by atoms with Crippen molar-refractivity contribution < 1.29 is 0 Å². The third-order valence-corrected chi connectivity index (χ3v) is 5.69. The van der Waals surface area contributed by atoms with Crippen LogP contribution in [0, 0.1) is 0 Å². The Labute approximate surface area is 128 Å². The Bertz CT molecular complexity index is 611.